The summed E-state index contributed by atoms with van der Waals surface area (Å²) in [6.45, 7) is 7.86. The van der Waals surface area contributed by atoms with E-state index in [0.29, 0.717) is 16.7 Å². The Morgan fingerprint density at radius 3 is 2.55 bits per heavy atom. The summed E-state index contributed by atoms with van der Waals surface area (Å²) in [7, 11) is 0. The van der Waals surface area contributed by atoms with Crippen LogP contribution in [-0.2, 0) is 11.2 Å². The molecule has 0 saturated carbocycles. The van der Waals surface area contributed by atoms with Crippen LogP contribution in [0.3, 0.4) is 0 Å². The number of nitrogens with zero attached hydrogens (tertiary/aromatic N) is 5. The Hall–Kier alpha value is -2.06. The maximum absolute atomic E-state index is 12.4. The van der Waals surface area contributed by atoms with Crippen LogP contribution in [-0.4, -0.2) is 60.7 Å². The van der Waals surface area contributed by atoms with E-state index in [4.69, 9.17) is 0 Å². The largest absolute Gasteiger partial charge is 0.340 e. The van der Waals surface area contributed by atoms with Gasteiger partial charge in [-0.3, -0.25) is 4.79 Å². The third kappa shape index (κ3) is 4.59. The van der Waals surface area contributed by atoms with E-state index in [1.54, 1.807) is 4.52 Å². The fourth-order valence-electron chi connectivity index (χ4n) is 3.45. The van der Waals surface area contributed by atoms with Crippen LogP contribution >= 0.6 is 23.5 Å². The van der Waals surface area contributed by atoms with Crippen molar-refractivity contribution in [2.24, 2.45) is 0 Å². The molecule has 3 aromatic rings. The third-order valence-corrected chi connectivity index (χ3v) is 6.98. The van der Waals surface area contributed by atoms with Crippen molar-refractivity contribution in [3.05, 3.63) is 52.3 Å². The van der Waals surface area contributed by atoms with E-state index in [2.05, 4.69) is 53.2 Å². The normalized spacial score (nSPS) is 14.5. The first kappa shape index (κ1) is 20.2. The highest BCUT2D eigenvalue weighted by atomic mass is 32.2. The van der Waals surface area contributed by atoms with E-state index in [9.17, 15) is 4.79 Å². The van der Waals surface area contributed by atoms with Crippen molar-refractivity contribution in [2.45, 2.75) is 32.3 Å². The molecule has 0 N–H and O–H groups in total. The molecular formula is C21H25N5OS2. The minimum atomic E-state index is 0.162. The van der Waals surface area contributed by atoms with Gasteiger partial charge in [0.25, 0.3) is 5.78 Å². The van der Waals surface area contributed by atoms with Crippen molar-refractivity contribution < 1.29 is 4.79 Å². The summed E-state index contributed by atoms with van der Waals surface area (Å²) in [5, 5.41) is 5.22. The molecule has 0 unspecified atom stereocenters. The molecule has 1 aliphatic heterocycles. The number of fused-ring (bicyclic) bond motifs is 1. The number of thioether (sulfide) groups is 2. The number of aryl methyl sites for hydroxylation is 3. The van der Waals surface area contributed by atoms with Crippen molar-refractivity contribution in [2.75, 3.05) is 30.3 Å². The summed E-state index contributed by atoms with van der Waals surface area (Å²) in [4.78, 5) is 23.5. The molecule has 1 aliphatic rings. The zero-order chi connectivity index (χ0) is 20.4. The van der Waals surface area contributed by atoms with Crippen LogP contribution in [0.1, 0.15) is 28.1 Å². The van der Waals surface area contributed by atoms with Crippen molar-refractivity contribution in [1.29, 1.82) is 0 Å². The quantitative estimate of drug-likeness (QED) is 0.582. The van der Waals surface area contributed by atoms with Gasteiger partial charge in [0.1, 0.15) is 0 Å². The van der Waals surface area contributed by atoms with Gasteiger partial charge in [0.2, 0.25) is 11.1 Å². The van der Waals surface area contributed by atoms with Crippen LogP contribution in [0.4, 0.5) is 0 Å². The Kier molecular flexibility index (Phi) is 6.10. The highest BCUT2D eigenvalue weighted by Gasteiger charge is 2.19. The molecule has 0 bridgehead atoms. The third-order valence-electron chi connectivity index (χ3n) is 5.22. The van der Waals surface area contributed by atoms with Crippen LogP contribution in [0.25, 0.3) is 5.78 Å². The molecule has 0 radical (unpaired) electrons. The van der Waals surface area contributed by atoms with E-state index in [1.165, 1.54) is 28.5 Å². The predicted molar refractivity (Wildman–Crippen MR) is 119 cm³/mol. The Balaban J connectivity index is 1.52. The molecule has 1 amide bonds. The highest BCUT2D eigenvalue weighted by molar-refractivity contribution is 7.99. The molecule has 1 aromatic carbocycles. The Morgan fingerprint density at radius 1 is 1.10 bits per heavy atom. The molecule has 1 fully saturated rings. The molecule has 3 heterocycles. The molecule has 0 spiro atoms. The van der Waals surface area contributed by atoms with Gasteiger partial charge < -0.3 is 4.90 Å². The molecule has 1 saturated heterocycles. The Bertz CT molecular complexity index is 1030. The van der Waals surface area contributed by atoms with Crippen molar-refractivity contribution in [3.63, 3.8) is 0 Å². The zero-order valence-electron chi connectivity index (χ0n) is 17.0. The summed E-state index contributed by atoms with van der Waals surface area (Å²) in [6, 6.07) is 8.58. The fourth-order valence-corrected chi connectivity index (χ4v) is 5.07. The van der Waals surface area contributed by atoms with Gasteiger partial charge in [-0.05, 0) is 31.9 Å². The SMILES string of the molecule is Cc1ccc(Cc2c(C)nc3nc(SCC(=O)N4CCSCC4)nn3c2C)cc1. The number of carbonyl (C=O) groups excluding carboxylic acids is 1. The highest BCUT2D eigenvalue weighted by Crippen LogP contribution is 2.21. The number of amides is 1. The minimum absolute atomic E-state index is 0.162. The lowest BCUT2D eigenvalue weighted by Gasteiger charge is -2.26. The van der Waals surface area contributed by atoms with E-state index in [0.717, 1.165) is 42.4 Å². The maximum Gasteiger partial charge on any atom is 0.253 e. The first-order chi connectivity index (χ1) is 14.0. The first-order valence-electron chi connectivity index (χ1n) is 9.78. The number of benzene rings is 1. The second-order valence-corrected chi connectivity index (χ2v) is 9.48. The molecule has 29 heavy (non-hydrogen) atoms. The second-order valence-electron chi connectivity index (χ2n) is 7.31. The molecule has 2 aromatic heterocycles. The lowest BCUT2D eigenvalue weighted by molar-refractivity contribution is -0.127. The summed E-state index contributed by atoms with van der Waals surface area (Å²) in [5.74, 6) is 3.17. The first-order valence-corrected chi connectivity index (χ1v) is 11.9. The number of carbonyl (C=O) groups is 1. The van der Waals surface area contributed by atoms with Gasteiger partial charge in [-0.1, -0.05) is 41.6 Å². The van der Waals surface area contributed by atoms with Crippen molar-refractivity contribution in [3.8, 4) is 0 Å². The minimum Gasteiger partial charge on any atom is -0.340 e. The van der Waals surface area contributed by atoms with Crippen molar-refractivity contribution in [1.82, 2.24) is 24.5 Å². The maximum atomic E-state index is 12.4. The molecule has 6 nitrogen and oxygen atoms in total. The van der Waals surface area contributed by atoms with Crippen LogP contribution in [0, 0.1) is 20.8 Å². The number of hydrogen-bond acceptors (Lipinski definition) is 6. The van der Waals surface area contributed by atoms with E-state index >= 15 is 0 Å². The van der Waals surface area contributed by atoms with Gasteiger partial charge in [-0.15, -0.1) is 5.10 Å². The molecule has 0 atom stereocenters. The van der Waals surface area contributed by atoms with E-state index < -0.39 is 0 Å². The lowest BCUT2D eigenvalue weighted by Crippen LogP contribution is -2.38. The average molecular weight is 428 g/mol. The Morgan fingerprint density at radius 2 is 1.83 bits per heavy atom. The molecule has 4 rings (SSSR count). The van der Waals surface area contributed by atoms with E-state index in [-0.39, 0.29) is 5.91 Å². The van der Waals surface area contributed by atoms with E-state index in [1.807, 2.05) is 23.6 Å². The summed E-state index contributed by atoms with van der Waals surface area (Å²) < 4.78 is 1.81. The Labute approximate surface area is 179 Å². The topological polar surface area (TPSA) is 63.4 Å². The number of aromatic nitrogens is 4. The number of hydrogen-bond donors (Lipinski definition) is 0. The molecule has 0 aliphatic carbocycles. The lowest BCUT2D eigenvalue weighted by atomic mass is 10.0. The fraction of sp³-hybridized carbons (Fsp3) is 0.429. The zero-order valence-corrected chi connectivity index (χ0v) is 18.6. The molecular weight excluding hydrogens is 402 g/mol. The molecule has 8 heteroatoms. The van der Waals surface area contributed by atoms with Gasteiger partial charge in [0, 0.05) is 42.4 Å². The number of rotatable bonds is 5. The van der Waals surface area contributed by atoms with Crippen LogP contribution in [0.5, 0.6) is 0 Å². The van der Waals surface area contributed by atoms with Crippen LogP contribution in [0.2, 0.25) is 0 Å². The summed E-state index contributed by atoms with van der Waals surface area (Å²) in [6.07, 6.45) is 0.814. The van der Waals surface area contributed by atoms with Gasteiger partial charge in [-0.2, -0.15) is 16.7 Å². The predicted octanol–water partition coefficient (Wildman–Crippen LogP) is 3.31. The average Bonchev–Trinajstić information content (AvgIpc) is 3.14. The van der Waals surface area contributed by atoms with Gasteiger partial charge in [0.05, 0.1) is 5.75 Å². The second kappa shape index (κ2) is 8.75. The standard InChI is InChI=1S/C21H25N5OS2/c1-14-4-6-17(7-5-14)12-18-15(2)22-20-23-21(24-26(20)16(18)3)29-13-19(27)25-8-10-28-11-9-25/h4-7H,8-13H2,1-3H3. The summed E-state index contributed by atoms with van der Waals surface area (Å²) >= 11 is 3.29. The molecule has 152 valence electrons. The van der Waals surface area contributed by atoms with Crippen molar-refractivity contribution >= 4 is 35.2 Å². The van der Waals surface area contributed by atoms with Crippen LogP contribution in [0.15, 0.2) is 29.4 Å². The van der Waals surface area contributed by atoms with Gasteiger partial charge >= 0.3 is 0 Å². The van der Waals surface area contributed by atoms with Gasteiger partial charge in [-0.25, -0.2) is 9.50 Å². The van der Waals surface area contributed by atoms with Crippen LogP contribution < -0.4 is 0 Å². The monoisotopic (exact) mass is 427 g/mol. The smallest absolute Gasteiger partial charge is 0.253 e. The summed E-state index contributed by atoms with van der Waals surface area (Å²) in [5.41, 5.74) is 5.70. The van der Waals surface area contributed by atoms with Gasteiger partial charge in [0.15, 0.2) is 0 Å².